The molecule has 1 fully saturated rings. The van der Waals surface area contributed by atoms with Gasteiger partial charge in [0.25, 0.3) is 5.56 Å². The first kappa shape index (κ1) is 20.7. The molecule has 1 aliphatic rings. The number of rotatable bonds is 6. The molecule has 4 aromatic heterocycles. The van der Waals surface area contributed by atoms with Gasteiger partial charge in [0.1, 0.15) is 12.2 Å². The molecule has 5 rings (SSSR count). The lowest BCUT2D eigenvalue weighted by Gasteiger charge is -2.32. The lowest BCUT2D eigenvalue weighted by molar-refractivity contribution is 0.194. The van der Waals surface area contributed by atoms with Crippen molar-refractivity contribution in [1.29, 1.82) is 0 Å². The van der Waals surface area contributed by atoms with Crippen LogP contribution in [0.25, 0.3) is 16.5 Å². The summed E-state index contributed by atoms with van der Waals surface area (Å²) in [4.78, 5) is 37.0. The van der Waals surface area contributed by atoms with Gasteiger partial charge in [-0.1, -0.05) is 13.0 Å². The zero-order valence-corrected chi connectivity index (χ0v) is 18.8. The molecule has 32 heavy (non-hydrogen) atoms. The number of aromatic nitrogens is 6. The Labute approximate surface area is 190 Å². The zero-order chi connectivity index (χ0) is 21.9. The van der Waals surface area contributed by atoms with Crippen LogP contribution in [-0.2, 0) is 13.0 Å². The van der Waals surface area contributed by atoms with E-state index >= 15 is 0 Å². The van der Waals surface area contributed by atoms with Gasteiger partial charge in [0.15, 0.2) is 0 Å². The van der Waals surface area contributed by atoms with Crippen LogP contribution in [0.1, 0.15) is 42.9 Å². The third-order valence-electron chi connectivity index (χ3n) is 5.85. The maximum absolute atomic E-state index is 12.3. The van der Waals surface area contributed by atoms with Crippen molar-refractivity contribution in [3.8, 4) is 16.5 Å². The van der Waals surface area contributed by atoms with Gasteiger partial charge in [-0.05, 0) is 43.3 Å². The Kier molecular flexibility index (Phi) is 5.91. The SMILES string of the molecule is CCc1c(CN2CCCC(c3nc(-c4cccs4)cc(=O)[nH]3)C2)ncn1-c1ncccn1. The number of H-pyrrole nitrogens is 1. The summed E-state index contributed by atoms with van der Waals surface area (Å²) in [5.41, 5.74) is 2.84. The molecular formula is C23H25N7OS. The highest BCUT2D eigenvalue weighted by atomic mass is 32.1. The van der Waals surface area contributed by atoms with Gasteiger partial charge in [0.2, 0.25) is 5.95 Å². The average molecular weight is 448 g/mol. The van der Waals surface area contributed by atoms with Crippen LogP contribution in [0.5, 0.6) is 0 Å². The number of nitrogens with zero attached hydrogens (tertiary/aromatic N) is 6. The molecule has 1 unspecified atom stereocenters. The largest absolute Gasteiger partial charge is 0.310 e. The highest BCUT2D eigenvalue weighted by Gasteiger charge is 2.25. The van der Waals surface area contributed by atoms with Crippen molar-refractivity contribution >= 4 is 11.3 Å². The van der Waals surface area contributed by atoms with Crippen LogP contribution >= 0.6 is 11.3 Å². The molecule has 1 aliphatic heterocycles. The number of likely N-dealkylation sites (tertiary alicyclic amines) is 1. The number of hydrogen-bond donors (Lipinski definition) is 1. The Morgan fingerprint density at radius 2 is 2.09 bits per heavy atom. The van der Waals surface area contributed by atoms with Crippen LogP contribution in [0.3, 0.4) is 0 Å². The fraction of sp³-hybridized carbons (Fsp3) is 0.348. The second kappa shape index (κ2) is 9.13. The number of hydrogen-bond acceptors (Lipinski definition) is 7. The van der Waals surface area contributed by atoms with E-state index in [1.165, 1.54) is 0 Å². The molecule has 0 saturated carbocycles. The van der Waals surface area contributed by atoms with E-state index in [4.69, 9.17) is 4.98 Å². The zero-order valence-electron chi connectivity index (χ0n) is 17.9. The Morgan fingerprint density at radius 3 is 2.88 bits per heavy atom. The van der Waals surface area contributed by atoms with Crippen LogP contribution in [0, 0.1) is 0 Å². The lowest BCUT2D eigenvalue weighted by Crippen LogP contribution is -2.35. The number of aromatic amines is 1. The van der Waals surface area contributed by atoms with Gasteiger partial charge in [-0.3, -0.25) is 14.3 Å². The first-order chi connectivity index (χ1) is 15.7. The molecule has 4 aromatic rings. The summed E-state index contributed by atoms with van der Waals surface area (Å²) >= 11 is 1.60. The molecule has 1 N–H and O–H groups in total. The topological polar surface area (TPSA) is 92.6 Å². The van der Waals surface area contributed by atoms with Crippen molar-refractivity contribution in [2.24, 2.45) is 0 Å². The van der Waals surface area contributed by atoms with Gasteiger partial charge in [0.05, 0.1) is 16.3 Å². The summed E-state index contributed by atoms with van der Waals surface area (Å²) in [6.07, 6.45) is 8.22. The monoisotopic (exact) mass is 447 g/mol. The van der Waals surface area contributed by atoms with Crippen molar-refractivity contribution < 1.29 is 0 Å². The Bertz CT molecular complexity index is 1230. The van der Waals surface area contributed by atoms with Crippen molar-refractivity contribution in [3.63, 3.8) is 0 Å². The predicted molar refractivity (Wildman–Crippen MR) is 124 cm³/mol. The van der Waals surface area contributed by atoms with E-state index in [-0.39, 0.29) is 11.5 Å². The van der Waals surface area contributed by atoms with E-state index in [2.05, 4.69) is 31.8 Å². The first-order valence-corrected chi connectivity index (χ1v) is 11.8. The average Bonchev–Trinajstić information content (AvgIpc) is 3.50. The Hall–Kier alpha value is -3.17. The standard InChI is InChI=1S/C23H25N7OS/c1-2-19-18(26-15-30(19)23-24-8-5-9-25-23)14-29-10-3-6-16(13-29)22-27-17(12-21(31)28-22)20-7-4-11-32-20/h4-5,7-9,11-12,15-16H,2-3,6,10,13-14H2,1H3,(H,27,28,31). The summed E-state index contributed by atoms with van der Waals surface area (Å²) in [6, 6.07) is 7.38. The molecule has 164 valence electrons. The minimum Gasteiger partial charge on any atom is -0.310 e. The second-order valence-electron chi connectivity index (χ2n) is 7.98. The van der Waals surface area contributed by atoms with Crippen molar-refractivity contribution in [3.05, 3.63) is 75.9 Å². The molecular weight excluding hydrogens is 422 g/mol. The van der Waals surface area contributed by atoms with Gasteiger partial charge >= 0.3 is 0 Å². The van der Waals surface area contributed by atoms with Gasteiger partial charge in [0, 0.05) is 43.2 Å². The van der Waals surface area contributed by atoms with E-state index < -0.39 is 0 Å². The van der Waals surface area contributed by atoms with Crippen molar-refractivity contribution in [2.75, 3.05) is 13.1 Å². The Balaban J connectivity index is 1.36. The molecule has 0 radical (unpaired) electrons. The van der Waals surface area contributed by atoms with E-state index in [1.807, 2.05) is 34.5 Å². The molecule has 1 atom stereocenters. The smallest absolute Gasteiger partial charge is 0.251 e. The number of nitrogens with one attached hydrogen (secondary N) is 1. The molecule has 0 aromatic carbocycles. The highest BCUT2D eigenvalue weighted by molar-refractivity contribution is 7.13. The summed E-state index contributed by atoms with van der Waals surface area (Å²) in [7, 11) is 0. The van der Waals surface area contributed by atoms with Crippen LogP contribution in [-0.4, -0.2) is 47.5 Å². The van der Waals surface area contributed by atoms with E-state index in [9.17, 15) is 4.79 Å². The summed E-state index contributed by atoms with van der Waals surface area (Å²) in [5.74, 6) is 1.62. The predicted octanol–water partition coefficient (Wildman–Crippen LogP) is 3.42. The third-order valence-corrected chi connectivity index (χ3v) is 6.75. The molecule has 0 amide bonds. The minimum atomic E-state index is -0.0922. The normalized spacial score (nSPS) is 17.0. The fourth-order valence-electron chi connectivity index (χ4n) is 4.36. The fourth-order valence-corrected chi connectivity index (χ4v) is 5.05. The second-order valence-corrected chi connectivity index (χ2v) is 8.93. The van der Waals surface area contributed by atoms with Gasteiger partial charge in [-0.2, -0.15) is 0 Å². The van der Waals surface area contributed by atoms with Gasteiger partial charge in [-0.15, -0.1) is 11.3 Å². The molecule has 0 bridgehead atoms. The Morgan fingerprint density at radius 1 is 1.22 bits per heavy atom. The third kappa shape index (κ3) is 4.26. The number of imidazole rings is 1. The van der Waals surface area contributed by atoms with Crippen LogP contribution in [0.4, 0.5) is 0 Å². The van der Waals surface area contributed by atoms with Gasteiger partial charge < -0.3 is 4.98 Å². The molecule has 9 heteroatoms. The summed E-state index contributed by atoms with van der Waals surface area (Å²) in [6.45, 7) is 4.73. The molecule has 1 saturated heterocycles. The molecule has 5 heterocycles. The number of thiophene rings is 1. The lowest BCUT2D eigenvalue weighted by atomic mass is 9.96. The molecule has 0 aliphatic carbocycles. The first-order valence-electron chi connectivity index (χ1n) is 10.9. The van der Waals surface area contributed by atoms with Crippen molar-refractivity contribution in [2.45, 2.75) is 38.6 Å². The van der Waals surface area contributed by atoms with Crippen LogP contribution < -0.4 is 5.56 Å². The van der Waals surface area contributed by atoms with Gasteiger partial charge in [-0.25, -0.2) is 19.9 Å². The summed E-state index contributed by atoms with van der Waals surface area (Å²) < 4.78 is 1.97. The van der Waals surface area contributed by atoms with E-state index in [0.29, 0.717) is 5.95 Å². The van der Waals surface area contributed by atoms with Crippen molar-refractivity contribution in [1.82, 2.24) is 34.4 Å². The number of piperidine rings is 1. The molecule has 0 spiro atoms. The highest BCUT2D eigenvalue weighted by Crippen LogP contribution is 2.28. The maximum atomic E-state index is 12.3. The van der Waals surface area contributed by atoms with Crippen LogP contribution in [0.15, 0.2) is 53.2 Å². The summed E-state index contributed by atoms with van der Waals surface area (Å²) in [5, 5.41) is 2.01. The molecule has 8 nitrogen and oxygen atoms in total. The van der Waals surface area contributed by atoms with E-state index in [0.717, 1.165) is 66.7 Å². The quantitative estimate of drug-likeness (QED) is 0.487. The maximum Gasteiger partial charge on any atom is 0.251 e. The van der Waals surface area contributed by atoms with Crippen LogP contribution in [0.2, 0.25) is 0 Å². The minimum absolute atomic E-state index is 0.0922. The van der Waals surface area contributed by atoms with E-state index in [1.54, 1.807) is 29.8 Å².